The second-order valence-corrected chi connectivity index (χ2v) is 5.18. The van der Waals surface area contributed by atoms with Crippen molar-refractivity contribution in [3.8, 4) is 0 Å². The fourth-order valence-corrected chi connectivity index (χ4v) is 2.69. The largest absolute Gasteiger partial charge is 0.371 e. The SMILES string of the molecule is CCN(CC1(CBr)CC1)c1ccc(F)cc1. The molecule has 0 aromatic heterocycles. The lowest BCUT2D eigenvalue weighted by Gasteiger charge is -2.27. The predicted molar refractivity (Wildman–Crippen MR) is 69.7 cm³/mol. The number of rotatable bonds is 5. The molecule has 1 aromatic rings. The first-order valence-electron chi connectivity index (χ1n) is 5.75. The van der Waals surface area contributed by atoms with E-state index in [9.17, 15) is 4.39 Å². The zero-order chi connectivity index (χ0) is 11.6. The first-order valence-corrected chi connectivity index (χ1v) is 6.88. The fourth-order valence-electron chi connectivity index (χ4n) is 1.95. The average molecular weight is 286 g/mol. The smallest absolute Gasteiger partial charge is 0.123 e. The number of nitrogens with zero attached hydrogens (tertiary/aromatic N) is 1. The van der Waals surface area contributed by atoms with E-state index >= 15 is 0 Å². The van der Waals surface area contributed by atoms with E-state index in [1.54, 1.807) is 0 Å². The van der Waals surface area contributed by atoms with Gasteiger partial charge in [0.15, 0.2) is 0 Å². The molecule has 0 heterocycles. The molecular formula is C13H17BrFN. The van der Waals surface area contributed by atoms with Gasteiger partial charge in [-0.15, -0.1) is 0 Å². The lowest BCUT2D eigenvalue weighted by Crippen LogP contribution is -2.31. The van der Waals surface area contributed by atoms with Crippen molar-refractivity contribution in [2.45, 2.75) is 19.8 Å². The first kappa shape index (κ1) is 11.9. The molecule has 0 N–H and O–H groups in total. The van der Waals surface area contributed by atoms with Crippen molar-refractivity contribution >= 4 is 21.6 Å². The van der Waals surface area contributed by atoms with E-state index in [0.29, 0.717) is 5.41 Å². The maximum Gasteiger partial charge on any atom is 0.123 e. The van der Waals surface area contributed by atoms with Crippen molar-refractivity contribution in [1.29, 1.82) is 0 Å². The summed E-state index contributed by atoms with van der Waals surface area (Å²) in [5.41, 5.74) is 1.58. The molecule has 88 valence electrons. The molecular weight excluding hydrogens is 269 g/mol. The standard InChI is InChI=1S/C13H17BrFN/c1-2-16(10-13(9-14)7-8-13)12-5-3-11(15)4-6-12/h3-6H,2,7-10H2,1H3. The predicted octanol–water partition coefficient (Wildman–Crippen LogP) is 3.83. The second kappa shape index (κ2) is 4.74. The van der Waals surface area contributed by atoms with E-state index in [2.05, 4.69) is 27.8 Å². The maximum absolute atomic E-state index is 12.8. The number of benzene rings is 1. The number of hydrogen-bond donors (Lipinski definition) is 0. The van der Waals surface area contributed by atoms with Crippen LogP contribution >= 0.6 is 15.9 Å². The van der Waals surface area contributed by atoms with Crippen molar-refractivity contribution < 1.29 is 4.39 Å². The van der Waals surface area contributed by atoms with Crippen LogP contribution in [0.25, 0.3) is 0 Å². The highest BCUT2D eigenvalue weighted by Gasteiger charge is 2.42. The monoisotopic (exact) mass is 285 g/mol. The van der Waals surface area contributed by atoms with Crippen LogP contribution in [0.5, 0.6) is 0 Å². The molecule has 1 aromatic carbocycles. The molecule has 0 atom stereocenters. The van der Waals surface area contributed by atoms with E-state index in [1.807, 2.05) is 12.1 Å². The van der Waals surface area contributed by atoms with Crippen LogP contribution < -0.4 is 4.90 Å². The van der Waals surface area contributed by atoms with Crippen molar-refractivity contribution in [2.24, 2.45) is 5.41 Å². The van der Waals surface area contributed by atoms with Gasteiger partial charge in [-0.05, 0) is 49.4 Å². The van der Waals surface area contributed by atoms with Gasteiger partial charge in [-0.3, -0.25) is 0 Å². The van der Waals surface area contributed by atoms with Crippen LogP contribution in [-0.2, 0) is 0 Å². The average Bonchev–Trinajstić information content (AvgIpc) is 3.08. The summed E-state index contributed by atoms with van der Waals surface area (Å²) in [6.45, 7) is 4.19. The van der Waals surface area contributed by atoms with Gasteiger partial charge in [-0.2, -0.15) is 0 Å². The molecule has 3 heteroatoms. The molecule has 0 unspecified atom stereocenters. The van der Waals surface area contributed by atoms with Gasteiger partial charge >= 0.3 is 0 Å². The van der Waals surface area contributed by atoms with E-state index < -0.39 is 0 Å². The third kappa shape index (κ3) is 2.57. The van der Waals surface area contributed by atoms with Crippen LogP contribution in [-0.4, -0.2) is 18.4 Å². The summed E-state index contributed by atoms with van der Waals surface area (Å²) in [5, 5.41) is 1.07. The highest BCUT2D eigenvalue weighted by atomic mass is 79.9. The minimum absolute atomic E-state index is 0.165. The van der Waals surface area contributed by atoms with Crippen LogP contribution in [0.2, 0.25) is 0 Å². The molecule has 1 fully saturated rings. The minimum Gasteiger partial charge on any atom is -0.371 e. The zero-order valence-electron chi connectivity index (χ0n) is 9.55. The van der Waals surface area contributed by atoms with Gasteiger partial charge in [-0.25, -0.2) is 4.39 Å². The highest BCUT2D eigenvalue weighted by Crippen LogP contribution is 2.48. The minimum atomic E-state index is -0.165. The molecule has 0 spiro atoms. The Balaban J connectivity index is 2.07. The van der Waals surface area contributed by atoms with Gasteiger partial charge in [0.1, 0.15) is 5.82 Å². The Kier molecular flexibility index (Phi) is 3.53. The highest BCUT2D eigenvalue weighted by molar-refractivity contribution is 9.09. The summed E-state index contributed by atoms with van der Waals surface area (Å²) in [7, 11) is 0. The number of anilines is 1. The van der Waals surface area contributed by atoms with E-state index in [-0.39, 0.29) is 5.82 Å². The van der Waals surface area contributed by atoms with Crippen molar-refractivity contribution in [3.05, 3.63) is 30.1 Å². The number of halogens is 2. The normalized spacial score (nSPS) is 17.2. The van der Waals surface area contributed by atoms with Gasteiger partial charge in [0.2, 0.25) is 0 Å². The van der Waals surface area contributed by atoms with Gasteiger partial charge in [0.05, 0.1) is 0 Å². The van der Waals surface area contributed by atoms with Crippen LogP contribution in [0.15, 0.2) is 24.3 Å². The van der Waals surface area contributed by atoms with Crippen LogP contribution in [0, 0.1) is 11.2 Å². The zero-order valence-corrected chi connectivity index (χ0v) is 11.1. The quantitative estimate of drug-likeness (QED) is 0.744. The van der Waals surface area contributed by atoms with Gasteiger partial charge in [-0.1, -0.05) is 15.9 Å². The van der Waals surface area contributed by atoms with Gasteiger partial charge in [0, 0.05) is 24.1 Å². The van der Waals surface area contributed by atoms with Crippen molar-refractivity contribution in [2.75, 3.05) is 23.3 Å². The van der Waals surface area contributed by atoms with Crippen LogP contribution in [0.3, 0.4) is 0 Å². The van der Waals surface area contributed by atoms with Crippen LogP contribution in [0.4, 0.5) is 10.1 Å². The molecule has 0 aliphatic heterocycles. The molecule has 1 aliphatic carbocycles. The van der Waals surface area contributed by atoms with Crippen LogP contribution in [0.1, 0.15) is 19.8 Å². The summed E-state index contributed by atoms with van der Waals surface area (Å²) >= 11 is 3.59. The lowest BCUT2D eigenvalue weighted by atomic mass is 10.1. The number of hydrogen-bond acceptors (Lipinski definition) is 1. The molecule has 0 saturated heterocycles. The second-order valence-electron chi connectivity index (χ2n) is 4.62. The summed E-state index contributed by atoms with van der Waals surface area (Å²) in [6, 6.07) is 6.80. The molecule has 2 rings (SSSR count). The summed E-state index contributed by atoms with van der Waals surface area (Å²) < 4.78 is 12.8. The molecule has 1 saturated carbocycles. The molecule has 1 aliphatic rings. The summed E-state index contributed by atoms with van der Waals surface area (Å²) in [6.07, 6.45) is 2.60. The van der Waals surface area contributed by atoms with E-state index in [1.165, 1.54) is 25.0 Å². The lowest BCUT2D eigenvalue weighted by molar-refractivity contribution is 0.567. The third-order valence-corrected chi connectivity index (χ3v) is 4.53. The fraction of sp³-hybridized carbons (Fsp3) is 0.538. The summed E-state index contributed by atoms with van der Waals surface area (Å²) in [5.74, 6) is -0.165. The first-order chi connectivity index (χ1) is 7.69. The molecule has 0 amide bonds. The van der Waals surface area contributed by atoms with E-state index in [4.69, 9.17) is 0 Å². The molecule has 1 nitrogen and oxygen atoms in total. The Morgan fingerprint density at radius 3 is 2.38 bits per heavy atom. The Morgan fingerprint density at radius 1 is 1.31 bits per heavy atom. The topological polar surface area (TPSA) is 3.24 Å². The molecule has 16 heavy (non-hydrogen) atoms. The Morgan fingerprint density at radius 2 is 1.94 bits per heavy atom. The van der Waals surface area contributed by atoms with Crippen molar-refractivity contribution in [1.82, 2.24) is 0 Å². The Hall–Kier alpha value is -0.570. The van der Waals surface area contributed by atoms with Gasteiger partial charge < -0.3 is 4.90 Å². The Bertz CT molecular complexity index is 345. The van der Waals surface area contributed by atoms with Gasteiger partial charge in [0.25, 0.3) is 0 Å². The van der Waals surface area contributed by atoms with E-state index in [0.717, 1.165) is 24.1 Å². The Labute approximate surface area is 105 Å². The number of alkyl halides is 1. The third-order valence-electron chi connectivity index (χ3n) is 3.34. The van der Waals surface area contributed by atoms with Crippen molar-refractivity contribution in [3.63, 3.8) is 0 Å². The molecule has 0 radical (unpaired) electrons. The molecule has 0 bridgehead atoms. The maximum atomic E-state index is 12.8. The summed E-state index contributed by atoms with van der Waals surface area (Å²) in [4.78, 5) is 2.33.